The summed E-state index contributed by atoms with van der Waals surface area (Å²) < 4.78 is 39.9. The minimum absolute atomic E-state index is 0.0392. The largest absolute Gasteiger partial charge is 0.416 e. The molecule has 0 bridgehead atoms. The first-order chi connectivity index (χ1) is 16.7. The fourth-order valence-electron chi connectivity index (χ4n) is 4.07. The highest BCUT2D eigenvalue weighted by Crippen LogP contribution is 2.33. The van der Waals surface area contributed by atoms with Crippen molar-refractivity contribution in [3.63, 3.8) is 0 Å². The molecule has 1 N–H and O–H groups in total. The molecule has 1 unspecified atom stereocenters. The second kappa shape index (κ2) is 8.90. The number of hydrogen-bond donors (Lipinski definition) is 1. The normalized spacial score (nSPS) is 16.5. The van der Waals surface area contributed by atoms with E-state index in [0.717, 1.165) is 43.4 Å². The van der Waals surface area contributed by atoms with Crippen molar-refractivity contribution in [2.24, 2.45) is 0 Å². The van der Waals surface area contributed by atoms with Crippen LogP contribution in [-0.4, -0.2) is 22.8 Å². The molecule has 1 fully saturated rings. The molecule has 1 aliphatic heterocycles. The van der Waals surface area contributed by atoms with E-state index in [-0.39, 0.29) is 18.9 Å². The lowest BCUT2D eigenvalue weighted by Gasteiger charge is -2.16. The number of hydrogen-bond acceptors (Lipinski definition) is 5. The number of amides is 2. The summed E-state index contributed by atoms with van der Waals surface area (Å²) in [5.41, 5.74) is 3.03. The van der Waals surface area contributed by atoms with Gasteiger partial charge in [-0.15, -0.1) is 11.3 Å². The van der Waals surface area contributed by atoms with Crippen molar-refractivity contribution in [3.05, 3.63) is 83.4 Å². The highest BCUT2D eigenvalue weighted by Gasteiger charge is 2.39. The summed E-state index contributed by atoms with van der Waals surface area (Å²) in [4.78, 5) is 31.3. The number of benzene rings is 3. The SMILES string of the molecule is Cc1ccc2nc(-c3ccc(N4C(=O)CC(NCc5cccc(C(F)(F)F)c5)C4=O)cc3)sc2c1. The van der Waals surface area contributed by atoms with Gasteiger partial charge < -0.3 is 5.32 Å². The molecule has 178 valence electrons. The van der Waals surface area contributed by atoms with E-state index in [1.807, 2.05) is 31.2 Å². The zero-order valence-corrected chi connectivity index (χ0v) is 19.4. The van der Waals surface area contributed by atoms with Crippen LogP contribution in [-0.2, 0) is 22.3 Å². The van der Waals surface area contributed by atoms with E-state index in [2.05, 4.69) is 16.4 Å². The lowest BCUT2D eigenvalue weighted by atomic mass is 10.1. The van der Waals surface area contributed by atoms with Crippen molar-refractivity contribution in [3.8, 4) is 10.6 Å². The van der Waals surface area contributed by atoms with E-state index in [0.29, 0.717) is 11.3 Å². The van der Waals surface area contributed by atoms with Crippen molar-refractivity contribution in [1.29, 1.82) is 0 Å². The Balaban J connectivity index is 1.29. The maximum Gasteiger partial charge on any atom is 0.416 e. The lowest BCUT2D eigenvalue weighted by molar-refractivity contribution is -0.137. The number of carbonyl (C=O) groups is 2. The predicted molar refractivity (Wildman–Crippen MR) is 129 cm³/mol. The van der Waals surface area contributed by atoms with Crippen molar-refractivity contribution in [2.75, 3.05) is 4.90 Å². The van der Waals surface area contributed by atoms with Gasteiger partial charge in [0.05, 0.1) is 33.9 Å². The Labute approximate surface area is 203 Å². The quantitative estimate of drug-likeness (QED) is 0.360. The number of carbonyl (C=O) groups excluding carboxylic acids is 2. The van der Waals surface area contributed by atoms with Crippen molar-refractivity contribution < 1.29 is 22.8 Å². The topological polar surface area (TPSA) is 62.3 Å². The van der Waals surface area contributed by atoms with Gasteiger partial charge in [0.25, 0.3) is 5.91 Å². The highest BCUT2D eigenvalue weighted by atomic mass is 32.1. The molecule has 2 heterocycles. The maximum absolute atomic E-state index is 12.9. The zero-order chi connectivity index (χ0) is 24.7. The molecule has 3 aromatic carbocycles. The third-order valence-corrected chi connectivity index (χ3v) is 6.94. The van der Waals surface area contributed by atoms with E-state index in [4.69, 9.17) is 0 Å². The van der Waals surface area contributed by atoms with Crippen molar-refractivity contribution in [2.45, 2.75) is 32.1 Å². The average molecular weight is 496 g/mol. The molecule has 1 aromatic heterocycles. The van der Waals surface area contributed by atoms with Crippen molar-refractivity contribution >= 4 is 39.1 Å². The third kappa shape index (κ3) is 4.69. The first-order valence-electron chi connectivity index (χ1n) is 10.9. The lowest BCUT2D eigenvalue weighted by Crippen LogP contribution is -2.38. The molecule has 4 aromatic rings. The monoisotopic (exact) mass is 495 g/mol. The van der Waals surface area contributed by atoms with E-state index in [1.54, 1.807) is 29.5 Å². The summed E-state index contributed by atoms with van der Waals surface area (Å²) in [7, 11) is 0. The summed E-state index contributed by atoms with van der Waals surface area (Å²) in [6, 6.07) is 17.2. The standard InChI is InChI=1S/C26H20F3N3O2S/c1-15-5-10-20-22(11-15)35-24(31-20)17-6-8-19(9-7-17)32-23(33)13-21(25(32)34)30-14-16-3-2-4-18(12-16)26(27,28)29/h2-12,21,30H,13-14H2,1H3. The summed E-state index contributed by atoms with van der Waals surface area (Å²) in [5, 5.41) is 3.77. The van der Waals surface area contributed by atoms with Crippen LogP contribution in [0.5, 0.6) is 0 Å². The molecule has 2 amide bonds. The van der Waals surface area contributed by atoms with Gasteiger partial charge in [0.1, 0.15) is 5.01 Å². The van der Waals surface area contributed by atoms with Gasteiger partial charge >= 0.3 is 6.18 Å². The number of nitrogens with one attached hydrogen (secondary N) is 1. The highest BCUT2D eigenvalue weighted by molar-refractivity contribution is 7.21. The number of anilines is 1. The number of imide groups is 1. The fourth-order valence-corrected chi connectivity index (χ4v) is 5.14. The van der Waals surface area contributed by atoms with Crippen LogP contribution in [0.2, 0.25) is 0 Å². The minimum atomic E-state index is -4.44. The molecule has 9 heteroatoms. The van der Waals surface area contributed by atoms with Gasteiger partial charge in [-0.25, -0.2) is 9.88 Å². The van der Waals surface area contributed by atoms with Gasteiger partial charge in [0.2, 0.25) is 5.91 Å². The summed E-state index contributed by atoms with van der Waals surface area (Å²) in [5.74, 6) is -0.787. The second-order valence-electron chi connectivity index (χ2n) is 8.44. The van der Waals surface area contributed by atoms with Gasteiger partial charge in [0, 0.05) is 12.1 Å². The molecule has 5 rings (SSSR count). The molecule has 1 atom stereocenters. The molecule has 1 saturated heterocycles. The second-order valence-corrected chi connectivity index (χ2v) is 9.47. The Hall–Kier alpha value is -3.56. The molecule has 0 aliphatic carbocycles. The number of thiazole rings is 1. The van der Waals surface area contributed by atoms with Crippen LogP contribution in [0.3, 0.4) is 0 Å². The third-order valence-electron chi connectivity index (χ3n) is 5.87. The van der Waals surface area contributed by atoms with Crippen LogP contribution in [0.25, 0.3) is 20.8 Å². The van der Waals surface area contributed by atoms with E-state index in [9.17, 15) is 22.8 Å². The van der Waals surface area contributed by atoms with Gasteiger partial charge in [0.15, 0.2) is 0 Å². The molecule has 5 nitrogen and oxygen atoms in total. The van der Waals surface area contributed by atoms with Gasteiger partial charge in [-0.3, -0.25) is 9.59 Å². The number of halogens is 3. The van der Waals surface area contributed by atoms with E-state index >= 15 is 0 Å². The average Bonchev–Trinajstić information content (AvgIpc) is 3.37. The van der Waals surface area contributed by atoms with Crippen LogP contribution in [0, 0.1) is 6.92 Å². The van der Waals surface area contributed by atoms with E-state index < -0.39 is 23.7 Å². The Kier molecular flexibility index (Phi) is 5.90. The first kappa shape index (κ1) is 23.2. The smallest absolute Gasteiger partial charge is 0.301 e. The summed E-state index contributed by atoms with van der Waals surface area (Å²) in [6.07, 6.45) is -4.50. The predicted octanol–water partition coefficient (Wildman–Crippen LogP) is 5.71. The van der Waals surface area contributed by atoms with Gasteiger partial charge in [-0.1, -0.05) is 24.3 Å². The van der Waals surface area contributed by atoms with Crippen LogP contribution in [0.4, 0.5) is 18.9 Å². The number of fused-ring (bicyclic) bond motifs is 1. The van der Waals surface area contributed by atoms with E-state index in [1.165, 1.54) is 6.07 Å². The van der Waals surface area contributed by atoms with Crippen molar-refractivity contribution in [1.82, 2.24) is 10.3 Å². The molecule has 0 saturated carbocycles. The number of rotatable bonds is 5. The Morgan fingerprint density at radius 1 is 1.06 bits per heavy atom. The van der Waals surface area contributed by atoms with Crippen LogP contribution < -0.4 is 10.2 Å². The number of aromatic nitrogens is 1. The van der Waals surface area contributed by atoms with Gasteiger partial charge in [-0.2, -0.15) is 13.2 Å². The number of alkyl halides is 3. The van der Waals surface area contributed by atoms with Crippen LogP contribution >= 0.6 is 11.3 Å². The molecule has 1 aliphatic rings. The summed E-state index contributed by atoms with van der Waals surface area (Å²) in [6.45, 7) is 2.07. The molecular weight excluding hydrogens is 475 g/mol. The minimum Gasteiger partial charge on any atom is -0.301 e. The molecule has 0 radical (unpaired) electrons. The van der Waals surface area contributed by atoms with Crippen LogP contribution in [0.1, 0.15) is 23.1 Å². The molecular formula is C26H20F3N3O2S. The molecule has 0 spiro atoms. The maximum atomic E-state index is 12.9. The number of nitrogens with zero attached hydrogens (tertiary/aromatic N) is 2. The number of aryl methyl sites for hydroxylation is 1. The van der Waals surface area contributed by atoms with Gasteiger partial charge in [-0.05, 0) is 60.5 Å². The Morgan fingerprint density at radius 2 is 1.83 bits per heavy atom. The fraction of sp³-hybridized carbons (Fsp3) is 0.192. The first-order valence-corrected chi connectivity index (χ1v) is 11.7. The zero-order valence-electron chi connectivity index (χ0n) is 18.6. The Morgan fingerprint density at radius 3 is 2.57 bits per heavy atom. The van der Waals surface area contributed by atoms with Crippen LogP contribution in [0.15, 0.2) is 66.7 Å². The Bertz CT molecular complexity index is 1430. The summed E-state index contributed by atoms with van der Waals surface area (Å²) >= 11 is 1.57. The molecule has 35 heavy (non-hydrogen) atoms.